The number of methoxy groups -OCH3 is 2. The number of nitrogens with two attached hydrogens (primary N) is 1. The first kappa shape index (κ1) is 20.5. The molecule has 11 nitrogen and oxygen atoms in total. The highest BCUT2D eigenvalue weighted by Crippen LogP contribution is 2.42. The van der Waals surface area contributed by atoms with Crippen molar-refractivity contribution in [3.05, 3.63) is 6.33 Å². The van der Waals surface area contributed by atoms with E-state index < -0.39 is 20.0 Å². The van der Waals surface area contributed by atoms with Crippen LogP contribution in [0.4, 0.5) is 5.95 Å². The van der Waals surface area contributed by atoms with E-state index in [1.54, 1.807) is 24.9 Å². The summed E-state index contributed by atoms with van der Waals surface area (Å²) >= 11 is 0. The number of nitrogens with zero attached hydrogens (tertiary/aromatic N) is 4. The van der Waals surface area contributed by atoms with E-state index in [0.29, 0.717) is 30.7 Å². The van der Waals surface area contributed by atoms with Crippen LogP contribution >= 0.6 is 7.60 Å². The van der Waals surface area contributed by atoms with Gasteiger partial charge in [0, 0.05) is 13.7 Å². The molecule has 2 atom stereocenters. The molecule has 0 aliphatic carbocycles. The Kier molecular flexibility index (Phi) is 7.30. The van der Waals surface area contributed by atoms with Crippen LogP contribution in [0.1, 0.15) is 13.3 Å². The molecule has 2 heterocycles. The summed E-state index contributed by atoms with van der Waals surface area (Å²) in [6, 6.07) is 0. The molecule has 2 unspecified atom stereocenters. The molecule has 146 valence electrons. The Labute approximate surface area is 151 Å². The fourth-order valence-corrected chi connectivity index (χ4v) is 3.14. The van der Waals surface area contributed by atoms with E-state index in [4.69, 9.17) is 24.5 Å². The normalized spacial score (nSPS) is 15.1. The first-order valence-corrected chi connectivity index (χ1v) is 9.72. The molecule has 0 aliphatic rings. The van der Waals surface area contributed by atoms with Crippen LogP contribution < -0.4 is 10.5 Å². The van der Waals surface area contributed by atoms with Crippen LogP contribution in [-0.2, 0) is 25.1 Å². The molecule has 0 spiro atoms. The fourth-order valence-electron chi connectivity index (χ4n) is 2.21. The van der Waals surface area contributed by atoms with Crippen molar-refractivity contribution < 1.29 is 28.2 Å². The van der Waals surface area contributed by atoms with Gasteiger partial charge in [-0.25, -0.2) is 4.98 Å². The Balaban J connectivity index is 1.94. The molecule has 3 N–H and O–H groups in total. The van der Waals surface area contributed by atoms with E-state index >= 15 is 0 Å². The lowest BCUT2D eigenvalue weighted by Crippen LogP contribution is -2.18. The highest BCUT2D eigenvalue weighted by molar-refractivity contribution is 7.52. The Hall–Kier alpha value is -1.78. The number of fused-ring (bicyclic) bond motifs is 1. The van der Waals surface area contributed by atoms with Crippen molar-refractivity contribution in [1.82, 2.24) is 19.5 Å². The number of aromatic nitrogens is 4. The van der Waals surface area contributed by atoms with E-state index in [9.17, 15) is 9.46 Å². The lowest BCUT2D eigenvalue weighted by atomic mass is 10.4. The molecule has 0 aromatic carbocycles. The molecule has 0 saturated heterocycles. The van der Waals surface area contributed by atoms with Gasteiger partial charge in [0.1, 0.15) is 6.35 Å². The quantitative estimate of drug-likeness (QED) is 0.422. The third-order valence-electron chi connectivity index (χ3n) is 3.40. The summed E-state index contributed by atoms with van der Waals surface area (Å²) in [6.07, 6.45) is 1.29. The van der Waals surface area contributed by atoms with Crippen molar-refractivity contribution in [1.29, 1.82) is 0 Å². The second kappa shape index (κ2) is 9.24. The average Bonchev–Trinajstić information content (AvgIpc) is 2.99. The summed E-state index contributed by atoms with van der Waals surface area (Å²) in [5.41, 5.74) is 6.64. The maximum absolute atomic E-state index is 11.9. The smallest absolute Gasteiger partial charge is 0.353 e. The van der Waals surface area contributed by atoms with Gasteiger partial charge in [0.2, 0.25) is 11.8 Å². The van der Waals surface area contributed by atoms with E-state index in [-0.39, 0.29) is 18.4 Å². The van der Waals surface area contributed by atoms with Crippen LogP contribution in [0.5, 0.6) is 5.88 Å². The predicted octanol–water partition coefficient (Wildman–Crippen LogP) is 1.02. The number of ether oxygens (including phenoxy) is 3. The van der Waals surface area contributed by atoms with Crippen molar-refractivity contribution in [2.24, 2.45) is 0 Å². The Morgan fingerprint density at radius 3 is 2.81 bits per heavy atom. The molecule has 0 amide bonds. The summed E-state index contributed by atoms with van der Waals surface area (Å²) in [5.74, 6) is 0.345. The zero-order chi connectivity index (χ0) is 19.2. The second-order valence-electron chi connectivity index (χ2n) is 5.58. The minimum absolute atomic E-state index is 0.0639. The van der Waals surface area contributed by atoms with Crippen molar-refractivity contribution >= 4 is 24.7 Å². The summed E-state index contributed by atoms with van der Waals surface area (Å²) in [7, 11) is -0.791. The van der Waals surface area contributed by atoms with Gasteiger partial charge in [-0.05, 0) is 13.3 Å². The minimum Gasteiger partial charge on any atom is -0.479 e. The van der Waals surface area contributed by atoms with Crippen molar-refractivity contribution in [2.75, 3.05) is 39.5 Å². The standard InChI is InChI=1S/C14H24N5O6P/c1-10(24-9-26(20,21)25-6-4-5-22-2)7-19-8-16-11-12(19)17-14(15)18-13(11)23-3/h8,10H,4-7,9H2,1-3H3,(H,20,21)(H2,15,17,18). The first-order valence-electron chi connectivity index (χ1n) is 7.95. The summed E-state index contributed by atoms with van der Waals surface area (Å²) < 4.78 is 34.0. The third-order valence-corrected chi connectivity index (χ3v) is 4.47. The number of rotatable bonds is 11. The summed E-state index contributed by atoms with van der Waals surface area (Å²) in [6.45, 7) is 2.69. The van der Waals surface area contributed by atoms with Crippen LogP contribution in [0.2, 0.25) is 0 Å². The molecule has 0 saturated carbocycles. The zero-order valence-electron chi connectivity index (χ0n) is 15.0. The third kappa shape index (κ3) is 5.61. The molecule has 2 aromatic heterocycles. The van der Waals surface area contributed by atoms with Gasteiger partial charge in [0.05, 0.1) is 32.7 Å². The molecule has 0 aliphatic heterocycles. The lowest BCUT2D eigenvalue weighted by Gasteiger charge is -2.17. The maximum atomic E-state index is 11.9. The molecule has 26 heavy (non-hydrogen) atoms. The van der Waals surface area contributed by atoms with E-state index in [1.807, 2.05) is 0 Å². The largest absolute Gasteiger partial charge is 0.479 e. The lowest BCUT2D eigenvalue weighted by molar-refractivity contribution is 0.0704. The monoisotopic (exact) mass is 389 g/mol. The van der Waals surface area contributed by atoms with Gasteiger partial charge in [-0.3, -0.25) is 4.57 Å². The van der Waals surface area contributed by atoms with Gasteiger partial charge < -0.3 is 33.9 Å². The highest BCUT2D eigenvalue weighted by Gasteiger charge is 2.22. The molecule has 0 fully saturated rings. The summed E-state index contributed by atoms with van der Waals surface area (Å²) in [4.78, 5) is 22.1. The SMILES string of the molecule is COCCCOP(=O)(O)COC(C)Cn1cnc2c(OC)nc(N)nc21. The van der Waals surface area contributed by atoms with Gasteiger partial charge in [0.25, 0.3) is 0 Å². The average molecular weight is 389 g/mol. The minimum atomic E-state index is -3.81. The second-order valence-corrected chi connectivity index (χ2v) is 7.37. The molecule has 0 bridgehead atoms. The van der Waals surface area contributed by atoms with Crippen molar-refractivity contribution in [2.45, 2.75) is 26.0 Å². The van der Waals surface area contributed by atoms with Gasteiger partial charge in [0.15, 0.2) is 11.2 Å². The van der Waals surface area contributed by atoms with Crippen LogP contribution in [0.3, 0.4) is 0 Å². The predicted molar refractivity (Wildman–Crippen MR) is 94.0 cm³/mol. The maximum Gasteiger partial charge on any atom is 0.353 e. The number of hydrogen-bond donors (Lipinski definition) is 2. The molecule has 12 heteroatoms. The topological polar surface area (TPSA) is 144 Å². The van der Waals surface area contributed by atoms with E-state index in [2.05, 4.69) is 15.0 Å². The van der Waals surface area contributed by atoms with Crippen LogP contribution in [0.25, 0.3) is 11.2 Å². The molecular formula is C14H24N5O6P. The Bertz CT molecular complexity index is 770. The molecule has 2 rings (SSSR count). The van der Waals surface area contributed by atoms with Gasteiger partial charge in [-0.15, -0.1) is 0 Å². The zero-order valence-corrected chi connectivity index (χ0v) is 15.9. The van der Waals surface area contributed by atoms with Crippen LogP contribution in [0.15, 0.2) is 6.33 Å². The highest BCUT2D eigenvalue weighted by atomic mass is 31.2. The number of imidazole rings is 1. The van der Waals surface area contributed by atoms with Gasteiger partial charge in [-0.2, -0.15) is 9.97 Å². The number of hydrogen-bond acceptors (Lipinski definition) is 9. The molecule has 2 aromatic rings. The van der Waals surface area contributed by atoms with Gasteiger partial charge in [-0.1, -0.05) is 0 Å². The Morgan fingerprint density at radius 2 is 2.12 bits per heavy atom. The fraction of sp³-hybridized carbons (Fsp3) is 0.643. The van der Waals surface area contributed by atoms with Crippen LogP contribution in [-0.4, -0.2) is 64.3 Å². The van der Waals surface area contributed by atoms with E-state index in [0.717, 1.165) is 0 Å². The number of nitrogen functional groups attached to an aromatic ring is 1. The first-order chi connectivity index (χ1) is 12.4. The van der Waals surface area contributed by atoms with Crippen LogP contribution in [0, 0.1) is 0 Å². The summed E-state index contributed by atoms with van der Waals surface area (Å²) in [5, 5.41) is 0. The Morgan fingerprint density at radius 1 is 1.35 bits per heavy atom. The molecular weight excluding hydrogens is 365 g/mol. The molecule has 0 radical (unpaired) electrons. The number of anilines is 1. The van der Waals surface area contributed by atoms with Gasteiger partial charge >= 0.3 is 7.60 Å². The van der Waals surface area contributed by atoms with E-state index in [1.165, 1.54) is 7.11 Å². The van der Waals surface area contributed by atoms with Crippen molar-refractivity contribution in [3.63, 3.8) is 0 Å². The van der Waals surface area contributed by atoms with Crippen molar-refractivity contribution in [3.8, 4) is 5.88 Å².